The molecule has 1 aliphatic rings. The van der Waals surface area contributed by atoms with E-state index >= 15 is 0 Å². The first-order valence-electron chi connectivity index (χ1n) is 26.4. The van der Waals surface area contributed by atoms with E-state index < -0.39 is 16.1 Å². The SMILES string of the molecule is Cc1c2c3c(cccc3c3cc(N(c4ccc([Si](C)(C)C)cc4)c4ccc5ccc6ccccc6c5c4)ccc13)C(C)(C)c1cc(N(c3ccc([Si](C)(C)C)cc3)c3ccc4ccc5ccccc5c4c3)ccc1-2. The maximum absolute atomic E-state index is 2.50. The molecule has 0 unspecified atom stereocenters. The Morgan fingerprint density at radius 1 is 0.324 bits per heavy atom. The largest absolute Gasteiger partial charge is 0.310 e. The van der Waals surface area contributed by atoms with E-state index in [4.69, 9.17) is 0 Å². The lowest BCUT2D eigenvalue weighted by atomic mass is 9.67. The molecule has 12 aromatic rings. The van der Waals surface area contributed by atoms with Crippen LogP contribution in [0.15, 0.2) is 212 Å². The molecule has 0 bridgehead atoms. The summed E-state index contributed by atoms with van der Waals surface area (Å²) in [5.74, 6) is 0. The van der Waals surface area contributed by atoms with Crippen LogP contribution in [0.2, 0.25) is 39.3 Å². The molecule has 360 valence electrons. The van der Waals surface area contributed by atoms with Crippen LogP contribution < -0.4 is 20.2 Å². The summed E-state index contributed by atoms with van der Waals surface area (Å²) in [5.41, 5.74) is 13.4. The van der Waals surface area contributed by atoms with Crippen molar-refractivity contribution in [3.63, 3.8) is 0 Å². The van der Waals surface area contributed by atoms with E-state index in [1.165, 1.54) is 109 Å². The Bertz CT molecular complexity index is 4250. The number of benzene rings is 12. The molecule has 1 aliphatic carbocycles. The van der Waals surface area contributed by atoms with Crippen LogP contribution in [0.3, 0.4) is 0 Å². The minimum Gasteiger partial charge on any atom is -0.310 e. The molecule has 0 heterocycles. The number of hydrogen-bond acceptors (Lipinski definition) is 2. The second kappa shape index (κ2) is 16.9. The van der Waals surface area contributed by atoms with Gasteiger partial charge in [0.1, 0.15) is 0 Å². The zero-order valence-electron chi connectivity index (χ0n) is 44.1. The van der Waals surface area contributed by atoms with Crippen molar-refractivity contribution in [3.8, 4) is 11.1 Å². The molecule has 0 saturated heterocycles. The van der Waals surface area contributed by atoms with Gasteiger partial charge in [0.15, 0.2) is 0 Å². The van der Waals surface area contributed by atoms with Crippen molar-refractivity contribution in [2.75, 3.05) is 9.80 Å². The Kier molecular flexibility index (Phi) is 10.5. The van der Waals surface area contributed by atoms with Crippen molar-refractivity contribution in [1.82, 2.24) is 0 Å². The van der Waals surface area contributed by atoms with Gasteiger partial charge in [-0.3, -0.25) is 0 Å². The summed E-state index contributed by atoms with van der Waals surface area (Å²) in [6.07, 6.45) is 0. The van der Waals surface area contributed by atoms with Crippen LogP contribution in [0.1, 0.15) is 30.5 Å². The molecular formula is C70H62N2Si2. The minimum absolute atomic E-state index is 0.291. The maximum atomic E-state index is 2.50. The summed E-state index contributed by atoms with van der Waals surface area (Å²) in [7, 11) is -3.04. The molecule has 0 atom stereocenters. The van der Waals surface area contributed by atoms with E-state index in [0.717, 1.165) is 28.4 Å². The number of rotatable bonds is 8. The zero-order valence-corrected chi connectivity index (χ0v) is 46.1. The first kappa shape index (κ1) is 46.1. The van der Waals surface area contributed by atoms with Crippen molar-refractivity contribution in [2.24, 2.45) is 0 Å². The molecule has 0 N–H and O–H groups in total. The predicted molar refractivity (Wildman–Crippen MR) is 329 cm³/mol. The van der Waals surface area contributed by atoms with Crippen molar-refractivity contribution in [3.05, 3.63) is 229 Å². The van der Waals surface area contributed by atoms with Crippen LogP contribution in [-0.4, -0.2) is 16.1 Å². The number of aryl methyl sites for hydroxylation is 1. The van der Waals surface area contributed by atoms with E-state index in [0.29, 0.717) is 0 Å². The van der Waals surface area contributed by atoms with Gasteiger partial charge in [-0.05, 0) is 172 Å². The van der Waals surface area contributed by atoms with Crippen LogP contribution in [-0.2, 0) is 5.41 Å². The third-order valence-electron chi connectivity index (χ3n) is 16.5. The molecule has 74 heavy (non-hydrogen) atoms. The molecule has 4 heteroatoms. The van der Waals surface area contributed by atoms with Gasteiger partial charge in [-0.1, -0.05) is 203 Å². The fourth-order valence-corrected chi connectivity index (χ4v) is 14.7. The Hall–Kier alpha value is -7.77. The molecule has 0 aliphatic heterocycles. The number of fused-ring (bicyclic) bond motifs is 10. The number of anilines is 6. The van der Waals surface area contributed by atoms with Crippen LogP contribution in [0.5, 0.6) is 0 Å². The summed E-state index contributed by atoms with van der Waals surface area (Å²) < 4.78 is 0. The van der Waals surface area contributed by atoms with Crippen molar-refractivity contribution in [2.45, 2.75) is 65.5 Å². The van der Waals surface area contributed by atoms with Gasteiger partial charge in [-0.15, -0.1) is 0 Å². The molecule has 0 amide bonds. The highest BCUT2D eigenvalue weighted by atomic mass is 28.3. The first-order valence-corrected chi connectivity index (χ1v) is 33.4. The molecule has 0 aromatic heterocycles. The van der Waals surface area contributed by atoms with E-state index in [-0.39, 0.29) is 5.41 Å². The first-order chi connectivity index (χ1) is 35.6. The Morgan fingerprint density at radius 2 is 0.730 bits per heavy atom. The highest BCUT2D eigenvalue weighted by Crippen LogP contribution is 2.54. The fraction of sp³-hybridized carbons (Fsp3) is 0.143. The molecule has 0 radical (unpaired) electrons. The summed E-state index contributed by atoms with van der Waals surface area (Å²) in [6.45, 7) is 21.8. The second-order valence-corrected chi connectivity index (χ2v) is 33.6. The summed E-state index contributed by atoms with van der Waals surface area (Å²) in [6, 6.07) is 81.0. The monoisotopic (exact) mass is 986 g/mol. The molecule has 0 spiro atoms. The predicted octanol–water partition coefficient (Wildman–Crippen LogP) is 19.3. The summed E-state index contributed by atoms with van der Waals surface area (Å²) in [5, 5.41) is 18.2. The van der Waals surface area contributed by atoms with Crippen molar-refractivity contribution in [1.29, 1.82) is 0 Å². The lowest BCUT2D eigenvalue weighted by Gasteiger charge is -2.38. The molecule has 12 aromatic carbocycles. The molecule has 0 fully saturated rings. The Balaban J connectivity index is 0.989. The smallest absolute Gasteiger partial charge is 0.0775 e. The van der Waals surface area contributed by atoms with Crippen LogP contribution in [0.25, 0.3) is 75.8 Å². The third kappa shape index (κ3) is 7.41. The van der Waals surface area contributed by atoms with Gasteiger partial charge in [-0.2, -0.15) is 0 Å². The Morgan fingerprint density at radius 3 is 1.24 bits per heavy atom. The summed E-state index contributed by atoms with van der Waals surface area (Å²) >= 11 is 0. The van der Waals surface area contributed by atoms with Gasteiger partial charge in [-0.25, -0.2) is 0 Å². The second-order valence-electron chi connectivity index (χ2n) is 23.5. The van der Waals surface area contributed by atoms with Gasteiger partial charge in [0.2, 0.25) is 0 Å². The van der Waals surface area contributed by atoms with E-state index in [1.54, 1.807) is 0 Å². The Labute approximate surface area is 438 Å². The van der Waals surface area contributed by atoms with E-state index in [9.17, 15) is 0 Å². The van der Waals surface area contributed by atoms with Crippen LogP contribution in [0, 0.1) is 6.92 Å². The lowest BCUT2D eigenvalue weighted by molar-refractivity contribution is 0.645. The zero-order chi connectivity index (χ0) is 50.8. The topological polar surface area (TPSA) is 6.48 Å². The van der Waals surface area contributed by atoms with Crippen LogP contribution >= 0.6 is 0 Å². The van der Waals surface area contributed by atoms with Gasteiger partial charge < -0.3 is 9.80 Å². The average molecular weight is 987 g/mol. The molecule has 2 nitrogen and oxygen atoms in total. The van der Waals surface area contributed by atoms with E-state index in [2.05, 4.69) is 282 Å². The third-order valence-corrected chi connectivity index (χ3v) is 20.6. The van der Waals surface area contributed by atoms with Crippen molar-refractivity contribution < 1.29 is 0 Å². The maximum Gasteiger partial charge on any atom is 0.0775 e. The highest BCUT2D eigenvalue weighted by Gasteiger charge is 2.36. The number of hydrogen-bond donors (Lipinski definition) is 0. The van der Waals surface area contributed by atoms with E-state index in [1.807, 2.05) is 0 Å². The molecule has 0 saturated carbocycles. The van der Waals surface area contributed by atoms with Gasteiger partial charge in [0.25, 0.3) is 0 Å². The molecule has 13 rings (SSSR count). The number of nitrogens with zero attached hydrogens (tertiary/aromatic N) is 2. The fourth-order valence-electron chi connectivity index (χ4n) is 12.4. The van der Waals surface area contributed by atoms with Gasteiger partial charge in [0.05, 0.1) is 16.1 Å². The lowest BCUT2D eigenvalue weighted by Crippen LogP contribution is -2.37. The quantitative estimate of drug-likeness (QED) is 0.111. The highest BCUT2D eigenvalue weighted by molar-refractivity contribution is 6.89. The molecular weight excluding hydrogens is 925 g/mol. The average Bonchev–Trinajstić information content (AvgIpc) is 3.42. The normalized spacial score (nSPS) is 13.3. The standard InChI is InChI=1S/C70H62N2Si2/c1-45-58-39-33-54(71(50-29-35-56(36-30-50)73(4,5)6)52-27-25-48-23-21-46-15-10-12-17-59(46)63(48)41-52)43-65(58)61-19-14-20-66-69(61)68(45)62-40-34-55(44-67(62)70(66,2)3)72(51-31-37-57(38-32-51)74(7,8)9)53-28-26-49-24-22-47-16-11-13-18-60(47)64(49)42-53/h10-44H,1-9H3. The van der Waals surface area contributed by atoms with Gasteiger partial charge >= 0.3 is 0 Å². The van der Waals surface area contributed by atoms with Crippen LogP contribution in [0.4, 0.5) is 34.1 Å². The van der Waals surface area contributed by atoms with Gasteiger partial charge in [0, 0.05) is 39.5 Å². The minimum atomic E-state index is -1.52. The van der Waals surface area contributed by atoms with Crippen molar-refractivity contribution >= 4 is 125 Å². The summed E-state index contributed by atoms with van der Waals surface area (Å²) in [4.78, 5) is 4.96.